The van der Waals surface area contributed by atoms with Crippen molar-refractivity contribution in [2.45, 2.75) is 17.1 Å². The lowest BCUT2D eigenvalue weighted by molar-refractivity contribution is -0.141. The highest BCUT2D eigenvalue weighted by atomic mass is 79.9. The van der Waals surface area contributed by atoms with Crippen molar-refractivity contribution in [3.05, 3.63) is 0 Å². The lowest BCUT2D eigenvalue weighted by Gasteiger charge is -2.18. The fourth-order valence-corrected chi connectivity index (χ4v) is 0.608. The van der Waals surface area contributed by atoms with Gasteiger partial charge in [0.15, 0.2) is 0 Å². The third-order valence-electron chi connectivity index (χ3n) is 1.13. The third-order valence-corrected chi connectivity index (χ3v) is 2.50. The Bertz CT molecular complexity index is 117. The summed E-state index contributed by atoms with van der Waals surface area (Å²) in [4.78, 5) is 10.3. The summed E-state index contributed by atoms with van der Waals surface area (Å²) < 4.78 is -0.494. The van der Waals surface area contributed by atoms with Gasteiger partial charge in [0.1, 0.15) is 0 Å². The molecule has 0 fully saturated rings. The van der Waals surface area contributed by atoms with Gasteiger partial charge in [-0.15, -0.1) is 0 Å². The van der Waals surface area contributed by atoms with Gasteiger partial charge >= 0.3 is 5.97 Å². The summed E-state index contributed by atoms with van der Waals surface area (Å²) in [6.07, 6.45) is 0. The monoisotopic (exact) mass is 258 g/mol. The second kappa shape index (κ2) is 3.01. The van der Waals surface area contributed by atoms with Gasteiger partial charge < -0.3 is 5.11 Å². The second-order valence-electron chi connectivity index (χ2n) is 2.02. The Morgan fingerprint density at radius 3 is 2.00 bits per heavy atom. The van der Waals surface area contributed by atoms with Crippen molar-refractivity contribution < 1.29 is 9.90 Å². The van der Waals surface area contributed by atoms with Crippen molar-refractivity contribution in [2.75, 3.05) is 0 Å². The average molecular weight is 260 g/mol. The summed E-state index contributed by atoms with van der Waals surface area (Å²) in [5.74, 6) is -1.25. The van der Waals surface area contributed by atoms with Gasteiger partial charge in [-0.1, -0.05) is 31.9 Å². The zero-order valence-electron chi connectivity index (χ0n) is 5.19. The van der Waals surface area contributed by atoms with Gasteiger partial charge in [0.25, 0.3) is 0 Å². The van der Waals surface area contributed by atoms with Crippen molar-refractivity contribution in [3.8, 4) is 0 Å². The molecule has 2 nitrogen and oxygen atoms in total. The minimum absolute atomic E-state index is 0.433. The molecule has 1 unspecified atom stereocenters. The maximum atomic E-state index is 10.3. The molecule has 0 aliphatic rings. The Morgan fingerprint density at radius 1 is 1.67 bits per heavy atom. The van der Waals surface area contributed by atoms with Crippen LogP contribution in [0.15, 0.2) is 0 Å². The molecule has 54 valence electrons. The van der Waals surface area contributed by atoms with Gasteiger partial charge in [0, 0.05) is 0 Å². The molecule has 0 aliphatic carbocycles. The molecule has 0 rings (SSSR count). The topological polar surface area (TPSA) is 37.3 Å². The molecule has 9 heavy (non-hydrogen) atoms. The molecule has 1 N–H and O–H groups in total. The van der Waals surface area contributed by atoms with E-state index < -0.39 is 15.1 Å². The Morgan fingerprint density at radius 2 is 2.00 bits per heavy atom. The minimum Gasteiger partial charge on any atom is -0.481 e. The zero-order chi connectivity index (χ0) is 7.65. The molecule has 0 saturated heterocycles. The van der Waals surface area contributed by atoms with E-state index >= 15 is 0 Å². The number of aliphatic carboxylic acids is 1. The van der Waals surface area contributed by atoms with E-state index in [9.17, 15) is 4.79 Å². The highest BCUT2D eigenvalue weighted by molar-refractivity contribution is 9.25. The number of carboxylic acids is 1. The average Bonchev–Trinajstić information content (AvgIpc) is 1.62. The highest BCUT2D eigenvalue weighted by Crippen LogP contribution is 2.33. The predicted octanol–water partition coefficient (Wildman–Crippen LogP) is 2.21. The molecule has 0 heterocycles. The first-order valence-electron chi connectivity index (χ1n) is 2.46. The standard InChI is InChI=1S/C5H8Br2O2/c1-3(4(8)9)5(2,6)7/h3H,1-2H3,(H,8,9). The van der Waals surface area contributed by atoms with Crippen molar-refractivity contribution in [2.24, 2.45) is 5.92 Å². The van der Waals surface area contributed by atoms with Gasteiger partial charge in [-0.2, -0.15) is 0 Å². The van der Waals surface area contributed by atoms with Crippen LogP contribution in [0.3, 0.4) is 0 Å². The fourth-order valence-electron chi connectivity index (χ4n) is 0.217. The number of alkyl halides is 2. The van der Waals surface area contributed by atoms with E-state index in [4.69, 9.17) is 5.11 Å². The predicted molar refractivity (Wildman–Crippen MR) is 43.1 cm³/mol. The van der Waals surface area contributed by atoms with Crippen LogP contribution in [0.4, 0.5) is 0 Å². The summed E-state index contributed by atoms with van der Waals surface area (Å²) in [6.45, 7) is 3.39. The van der Waals surface area contributed by atoms with Gasteiger partial charge in [-0.25, -0.2) is 0 Å². The van der Waals surface area contributed by atoms with Crippen LogP contribution in [-0.4, -0.2) is 14.3 Å². The van der Waals surface area contributed by atoms with Crippen molar-refractivity contribution >= 4 is 37.8 Å². The molecule has 0 aromatic carbocycles. The molecular formula is C5H8Br2O2. The van der Waals surface area contributed by atoms with Gasteiger partial charge in [-0.05, 0) is 13.8 Å². The Kier molecular flexibility index (Phi) is 3.16. The van der Waals surface area contributed by atoms with E-state index in [2.05, 4.69) is 31.9 Å². The SMILES string of the molecule is CC(C(=O)O)C(C)(Br)Br. The van der Waals surface area contributed by atoms with Crippen LogP contribution < -0.4 is 0 Å². The first-order chi connectivity index (χ1) is 3.85. The number of hydrogen-bond acceptors (Lipinski definition) is 1. The molecule has 0 aromatic heterocycles. The first-order valence-corrected chi connectivity index (χ1v) is 4.05. The van der Waals surface area contributed by atoms with Crippen LogP contribution in [0.2, 0.25) is 0 Å². The summed E-state index contributed by atoms with van der Waals surface area (Å²) in [7, 11) is 0. The van der Waals surface area contributed by atoms with Crippen LogP contribution in [-0.2, 0) is 4.79 Å². The minimum atomic E-state index is -0.814. The summed E-state index contributed by atoms with van der Waals surface area (Å²) in [6, 6.07) is 0. The molecule has 0 bridgehead atoms. The number of hydrogen-bond donors (Lipinski definition) is 1. The second-order valence-corrected chi connectivity index (χ2v) is 6.38. The van der Waals surface area contributed by atoms with Crippen LogP contribution in [0.5, 0.6) is 0 Å². The Hall–Kier alpha value is 0.430. The van der Waals surface area contributed by atoms with Crippen LogP contribution in [0.1, 0.15) is 13.8 Å². The Balaban J connectivity index is 4.04. The van der Waals surface area contributed by atoms with E-state index in [1.807, 2.05) is 0 Å². The molecule has 0 radical (unpaired) electrons. The molecule has 0 spiro atoms. The molecule has 0 aromatic rings. The molecule has 0 aliphatic heterocycles. The molecule has 0 amide bonds. The van der Waals surface area contributed by atoms with E-state index in [0.29, 0.717) is 0 Å². The van der Waals surface area contributed by atoms with Crippen LogP contribution >= 0.6 is 31.9 Å². The summed E-state index contributed by atoms with van der Waals surface area (Å²) in [5.41, 5.74) is 0. The number of carbonyl (C=O) groups is 1. The van der Waals surface area contributed by atoms with Crippen molar-refractivity contribution in [1.29, 1.82) is 0 Å². The third kappa shape index (κ3) is 3.20. The quantitative estimate of drug-likeness (QED) is 0.773. The zero-order valence-corrected chi connectivity index (χ0v) is 8.36. The van der Waals surface area contributed by atoms with Gasteiger partial charge in [0.05, 0.1) is 9.15 Å². The van der Waals surface area contributed by atoms with Gasteiger partial charge in [-0.3, -0.25) is 4.79 Å². The molecular weight excluding hydrogens is 252 g/mol. The number of carboxylic acid groups (broad SMARTS) is 1. The van der Waals surface area contributed by atoms with Gasteiger partial charge in [0.2, 0.25) is 0 Å². The molecule has 1 atom stereocenters. The van der Waals surface area contributed by atoms with E-state index in [1.54, 1.807) is 13.8 Å². The largest absolute Gasteiger partial charge is 0.481 e. The maximum absolute atomic E-state index is 10.3. The fraction of sp³-hybridized carbons (Fsp3) is 0.800. The number of rotatable bonds is 2. The maximum Gasteiger partial charge on any atom is 0.308 e. The van der Waals surface area contributed by atoms with E-state index in [0.717, 1.165) is 0 Å². The summed E-state index contributed by atoms with van der Waals surface area (Å²) >= 11 is 6.36. The van der Waals surface area contributed by atoms with Crippen molar-refractivity contribution in [3.63, 3.8) is 0 Å². The normalized spacial score (nSPS) is 15.1. The summed E-state index contributed by atoms with van der Waals surface area (Å²) in [5, 5.41) is 8.46. The lowest BCUT2D eigenvalue weighted by Crippen LogP contribution is -2.25. The van der Waals surface area contributed by atoms with Crippen LogP contribution in [0.25, 0.3) is 0 Å². The van der Waals surface area contributed by atoms with E-state index in [-0.39, 0.29) is 0 Å². The highest BCUT2D eigenvalue weighted by Gasteiger charge is 2.29. The lowest BCUT2D eigenvalue weighted by atomic mass is 10.1. The number of halogens is 2. The van der Waals surface area contributed by atoms with E-state index in [1.165, 1.54) is 0 Å². The first kappa shape index (κ1) is 9.43. The molecule has 4 heteroatoms. The van der Waals surface area contributed by atoms with Crippen molar-refractivity contribution in [1.82, 2.24) is 0 Å². The molecule has 0 saturated carbocycles. The smallest absolute Gasteiger partial charge is 0.308 e. The Labute approximate surface area is 70.9 Å². The van der Waals surface area contributed by atoms with Crippen LogP contribution in [0, 0.1) is 5.92 Å².